The number of aromatic nitrogens is 5. The van der Waals surface area contributed by atoms with Crippen LogP contribution in [0.4, 0.5) is 0 Å². The number of hydrogen-bond donors (Lipinski definition) is 0. The van der Waals surface area contributed by atoms with E-state index in [1.165, 1.54) is 31.0 Å². The fourth-order valence-corrected chi connectivity index (χ4v) is 5.74. The molecule has 0 aromatic carbocycles. The van der Waals surface area contributed by atoms with E-state index in [1.807, 2.05) is 38.2 Å². The molecule has 7 nitrogen and oxygen atoms in total. The summed E-state index contributed by atoms with van der Waals surface area (Å²) in [5, 5.41) is 9.88. The first-order valence-electron chi connectivity index (χ1n) is 11.7. The molecule has 0 amide bonds. The maximum atomic E-state index is 13.2. The molecule has 3 aromatic heterocycles. The number of pyridine rings is 1. The number of ketones is 1. The van der Waals surface area contributed by atoms with Crippen molar-refractivity contribution in [3.8, 4) is 11.4 Å². The number of methoxy groups -OCH3 is 1. The number of carbonyl (C=O) groups excluding carboxylic acids is 1. The Morgan fingerprint density at radius 1 is 1.24 bits per heavy atom. The molecule has 1 saturated carbocycles. The van der Waals surface area contributed by atoms with Crippen LogP contribution in [0, 0.1) is 19.8 Å². The summed E-state index contributed by atoms with van der Waals surface area (Å²) in [6, 6.07) is 6.27. The second-order valence-electron chi connectivity index (χ2n) is 8.89. The Labute approximate surface area is 200 Å². The smallest absolute Gasteiger partial charge is 0.192 e. The van der Waals surface area contributed by atoms with E-state index in [-0.39, 0.29) is 5.78 Å². The SMILES string of the molecule is COCCn1c(C)cc(C(=O)CSc2nnc(-c3cccnc3)n2[C@H]2CCCC[C@H]2C)c1C. The second-order valence-corrected chi connectivity index (χ2v) is 9.83. The lowest BCUT2D eigenvalue weighted by Crippen LogP contribution is -2.22. The van der Waals surface area contributed by atoms with Crippen LogP contribution in [0.25, 0.3) is 11.4 Å². The molecule has 1 aliphatic rings. The van der Waals surface area contributed by atoms with E-state index in [1.54, 1.807) is 13.3 Å². The number of nitrogens with zero attached hydrogens (tertiary/aromatic N) is 5. The highest BCUT2D eigenvalue weighted by Crippen LogP contribution is 2.39. The highest BCUT2D eigenvalue weighted by atomic mass is 32.2. The summed E-state index contributed by atoms with van der Waals surface area (Å²) in [6.45, 7) is 7.72. The van der Waals surface area contributed by atoms with Gasteiger partial charge < -0.3 is 9.30 Å². The average Bonchev–Trinajstić information content (AvgIpc) is 3.37. The summed E-state index contributed by atoms with van der Waals surface area (Å²) >= 11 is 1.49. The van der Waals surface area contributed by atoms with Crippen molar-refractivity contribution in [2.45, 2.75) is 64.2 Å². The minimum Gasteiger partial charge on any atom is -0.383 e. The highest BCUT2D eigenvalue weighted by Gasteiger charge is 2.29. The normalized spacial score (nSPS) is 18.5. The molecule has 1 fully saturated rings. The van der Waals surface area contributed by atoms with Crippen LogP contribution in [-0.4, -0.2) is 49.6 Å². The summed E-state index contributed by atoms with van der Waals surface area (Å²) in [6.07, 6.45) is 8.38. The molecule has 0 aliphatic heterocycles. The van der Waals surface area contributed by atoms with Crippen molar-refractivity contribution in [1.82, 2.24) is 24.3 Å². The van der Waals surface area contributed by atoms with E-state index in [0.717, 1.165) is 46.5 Å². The van der Waals surface area contributed by atoms with Gasteiger partial charge in [-0.1, -0.05) is 31.5 Å². The molecule has 1 aliphatic carbocycles. The number of aryl methyl sites for hydroxylation is 1. The summed E-state index contributed by atoms with van der Waals surface area (Å²) in [4.78, 5) is 17.5. The van der Waals surface area contributed by atoms with Crippen LogP contribution in [0.5, 0.6) is 0 Å². The maximum Gasteiger partial charge on any atom is 0.192 e. The first-order chi connectivity index (χ1) is 16.0. The number of ether oxygens (including phenoxy) is 1. The standard InChI is InChI=1S/C25H33N5O2S/c1-17-8-5-6-10-22(17)30-24(20-9-7-11-26-15-20)27-28-25(30)33-16-23(31)21-14-18(2)29(19(21)3)12-13-32-4/h7,9,11,14-15,17,22H,5-6,8,10,12-13,16H2,1-4H3/t17-,22+/m1/s1. The fourth-order valence-electron chi connectivity index (χ4n) is 4.86. The molecule has 0 unspecified atom stereocenters. The third kappa shape index (κ3) is 5.06. The number of rotatable bonds is 9. The van der Waals surface area contributed by atoms with E-state index in [9.17, 15) is 4.79 Å². The zero-order valence-corrected chi connectivity index (χ0v) is 20.8. The van der Waals surface area contributed by atoms with Crippen molar-refractivity contribution in [3.63, 3.8) is 0 Å². The van der Waals surface area contributed by atoms with Gasteiger partial charge in [-0.3, -0.25) is 14.3 Å². The van der Waals surface area contributed by atoms with Gasteiger partial charge in [-0.25, -0.2) is 0 Å². The van der Waals surface area contributed by atoms with E-state index in [4.69, 9.17) is 4.74 Å². The zero-order chi connectivity index (χ0) is 23.4. The van der Waals surface area contributed by atoms with Crippen LogP contribution < -0.4 is 0 Å². The number of Topliss-reactive ketones (excluding diaryl/α,β-unsaturated/α-hetero) is 1. The van der Waals surface area contributed by atoms with Crippen LogP contribution in [0.2, 0.25) is 0 Å². The molecule has 0 saturated heterocycles. The highest BCUT2D eigenvalue weighted by molar-refractivity contribution is 7.99. The van der Waals surface area contributed by atoms with Gasteiger partial charge in [-0.15, -0.1) is 10.2 Å². The van der Waals surface area contributed by atoms with Gasteiger partial charge in [0.1, 0.15) is 0 Å². The molecule has 8 heteroatoms. The molecule has 176 valence electrons. The molecule has 0 radical (unpaired) electrons. The van der Waals surface area contributed by atoms with Crippen molar-refractivity contribution in [3.05, 3.63) is 47.5 Å². The van der Waals surface area contributed by atoms with Crippen LogP contribution in [0.15, 0.2) is 35.7 Å². The molecule has 4 rings (SSSR count). The predicted octanol–water partition coefficient (Wildman–Crippen LogP) is 5.13. The lowest BCUT2D eigenvalue weighted by atomic mass is 9.85. The molecule has 3 aromatic rings. The summed E-state index contributed by atoms with van der Waals surface area (Å²) in [7, 11) is 1.69. The largest absolute Gasteiger partial charge is 0.383 e. The average molecular weight is 468 g/mol. The maximum absolute atomic E-state index is 13.2. The van der Waals surface area contributed by atoms with Gasteiger partial charge in [0, 0.05) is 54.6 Å². The Morgan fingerprint density at radius 3 is 2.79 bits per heavy atom. The van der Waals surface area contributed by atoms with E-state index < -0.39 is 0 Å². The first-order valence-corrected chi connectivity index (χ1v) is 12.7. The lowest BCUT2D eigenvalue weighted by Gasteiger charge is -2.31. The molecule has 3 heterocycles. The first kappa shape index (κ1) is 23.7. The van der Waals surface area contributed by atoms with E-state index in [2.05, 4.69) is 31.2 Å². The topological polar surface area (TPSA) is 74.8 Å². The second kappa shape index (κ2) is 10.7. The van der Waals surface area contributed by atoms with Crippen molar-refractivity contribution in [2.75, 3.05) is 19.5 Å². The van der Waals surface area contributed by atoms with Gasteiger partial charge in [0.25, 0.3) is 0 Å². The summed E-state index contributed by atoms with van der Waals surface area (Å²) in [5.74, 6) is 1.83. The summed E-state index contributed by atoms with van der Waals surface area (Å²) < 4.78 is 9.63. The van der Waals surface area contributed by atoms with Gasteiger partial charge in [0.15, 0.2) is 16.8 Å². The van der Waals surface area contributed by atoms with Crippen molar-refractivity contribution >= 4 is 17.5 Å². The minimum absolute atomic E-state index is 0.117. The van der Waals surface area contributed by atoms with Gasteiger partial charge in [0.2, 0.25) is 0 Å². The quantitative estimate of drug-likeness (QED) is 0.321. The summed E-state index contributed by atoms with van der Waals surface area (Å²) in [5.41, 5.74) is 3.81. The predicted molar refractivity (Wildman–Crippen MR) is 131 cm³/mol. The molecular weight excluding hydrogens is 434 g/mol. The van der Waals surface area contributed by atoms with E-state index >= 15 is 0 Å². The molecular formula is C25H33N5O2S. The van der Waals surface area contributed by atoms with Crippen molar-refractivity contribution < 1.29 is 9.53 Å². The van der Waals surface area contributed by atoms with Gasteiger partial charge in [-0.2, -0.15) is 0 Å². The zero-order valence-electron chi connectivity index (χ0n) is 20.0. The molecule has 33 heavy (non-hydrogen) atoms. The Kier molecular flexibility index (Phi) is 7.65. The number of thioether (sulfide) groups is 1. The molecule has 0 bridgehead atoms. The lowest BCUT2D eigenvalue weighted by molar-refractivity contribution is 0.102. The monoisotopic (exact) mass is 467 g/mol. The Bertz CT molecular complexity index is 1090. The third-order valence-corrected chi connectivity index (χ3v) is 7.65. The Balaban J connectivity index is 1.58. The van der Waals surface area contributed by atoms with Gasteiger partial charge in [0.05, 0.1) is 12.4 Å². The van der Waals surface area contributed by atoms with Crippen LogP contribution in [0.3, 0.4) is 0 Å². The van der Waals surface area contributed by atoms with Crippen LogP contribution in [-0.2, 0) is 11.3 Å². The molecule has 0 N–H and O–H groups in total. The Morgan fingerprint density at radius 2 is 2.06 bits per heavy atom. The molecule has 0 spiro atoms. The van der Waals surface area contributed by atoms with Crippen molar-refractivity contribution in [2.24, 2.45) is 5.92 Å². The van der Waals surface area contributed by atoms with Crippen molar-refractivity contribution in [1.29, 1.82) is 0 Å². The number of hydrogen-bond acceptors (Lipinski definition) is 6. The number of carbonyl (C=O) groups is 1. The van der Waals surface area contributed by atoms with Gasteiger partial charge >= 0.3 is 0 Å². The molecule has 2 atom stereocenters. The minimum atomic E-state index is 0.117. The van der Waals surface area contributed by atoms with E-state index in [0.29, 0.717) is 24.3 Å². The van der Waals surface area contributed by atoms with Crippen LogP contribution in [0.1, 0.15) is 60.4 Å². The third-order valence-electron chi connectivity index (χ3n) is 6.71. The Hall–Kier alpha value is -2.45. The van der Waals surface area contributed by atoms with Crippen LogP contribution >= 0.6 is 11.8 Å². The van der Waals surface area contributed by atoms with Gasteiger partial charge in [-0.05, 0) is 50.8 Å². The fraction of sp³-hybridized carbons (Fsp3) is 0.520.